The molecule has 1 aromatic heterocycles. The van der Waals surface area contributed by atoms with Gasteiger partial charge in [-0.25, -0.2) is 0 Å². The van der Waals surface area contributed by atoms with Crippen LogP contribution in [0.4, 0.5) is 0 Å². The van der Waals surface area contributed by atoms with Gasteiger partial charge in [-0.05, 0) is 79.6 Å². The fraction of sp³-hybridized carbons (Fsp3) is 0.310. The van der Waals surface area contributed by atoms with E-state index in [0.717, 1.165) is 13.0 Å². The zero-order valence-electron chi connectivity index (χ0n) is 18.6. The molecule has 31 heavy (non-hydrogen) atoms. The molecule has 0 N–H and O–H groups in total. The molecule has 1 radical (unpaired) electrons. The van der Waals surface area contributed by atoms with Crippen LogP contribution < -0.4 is 0 Å². The van der Waals surface area contributed by atoms with Crippen LogP contribution in [0.15, 0.2) is 72.8 Å². The van der Waals surface area contributed by atoms with Gasteiger partial charge in [-0.3, -0.25) is 0 Å². The third-order valence-corrected chi connectivity index (χ3v) is 7.07. The van der Waals surface area contributed by atoms with Crippen LogP contribution in [0.25, 0.3) is 22.2 Å². The first-order chi connectivity index (χ1) is 15.2. The van der Waals surface area contributed by atoms with Gasteiger partial charge in [0.15, 0.2) is 0 Å². The van der Waals surface area contributed by atoms with E-state index in [0.29, 0.717) is 5.92 Å². The zero-order valence-corrected chi connectivity index (χ0v) is 18.6. The molecule has 0 unspecified atom stereocenters. The number of nitrogens with zero attached hydrogens (tertiary/aromatic N) is 2. The van der Waals surface area contributed by atoms with Gasteiger partial charge in [0.2, 0.25) is 0 Å². The van der Waals surface area contributed by atoms with Crippen LogP contribution in [-0.2, 0) is 13.5 Å². The Balaban J connectivity index is 1.34. The number of aromatic nitrogens is 1. The predicted molar refractivity (Wildman–Crippen MR) is 130 cm³/mol. The van der Waals surface area contributed by atoms with Gasteiger partial charge in [0.1, 0.15) is 0 Å². The summed E-state index contributed by atoms with van der Waals surface area (Å²) in [4.78, 5) is 2.66. The van der Waals surface area contributed by atoms with Crippen molar-refractivity contribution in [3.63, 3.8) is 0 Å². The second kappa shape index (κ2) is 8.72. The Hall–Kier alpha value is -2.84. The Morgan fingerprint density at radius 3 is 2.42 bits per heavy atom. The van der Waals surface area contributed by atoms with Gasteiger partial charge >= 0.3 is 0 Å². The Morgan fingerprint density at radius 1 is 0.903 bits per heavy atom. The third kappa shape index (κ3) is 3.93. The summed E-state index contributed by atoms with van der Waals surface area (Å²) in [6.45, 7) is 5.70. The van der Waals surface area contributed by atoms with Crippen molar-refractivity contribution in [3.8, 4) is 11.3 Å². The molecule has 5 rings (SSSR count). The molecule has 4 aromatic rings. The second-order valence-corrected chi connectivity index (χ2v) is 8.89. The lowest BCUT2D eigenvalue weighted by Gasteiger charge is -2.32. The largest absolute Gasteiger partial charge is 0.343 e. The van der Waals surface area contributed by atoms with Crippen molar-refractivity contribution in [2.75, 3.05) is 19.6 Å². The van der Waals surface area contributed by atoms with Gasteiger partial charge in [0.05, 0.1) is 5.69 Å². The van der Waals surface area contributed by atoms with Gasteiger partial charge in [-0.2, -0.15) is 0 Å². The van der Waals surface area contributed by atoms with E-state index in [1.54, 1.807) is 0 Å². The highest BCUT2D eigenvalue weighted by Crippen LogP contribution is 2.34. The quantitative estimate of drug-likeness (QED) is 0.373. The molecule has 2 heteroatoms. The van der Waals surface area contributed by atoms with Crippen LogP contribution in [0, 0.1) is 13.0 Å². The van der Waals surface area contributed by atoms with Gasteiger partial charge in [0, 0.05) is 24.5 Å². The van der Waals surface area contributed by atoms with Crippen molar-refractivity contribution in [2.45, 2.75) is 32.1 Å². The standard InChI is InChI=1S/C29H31N2/c1-22-10-6-7-13-25(22)23-16-19-31(20-17-23)21-18-27-26-14-8-9-15-28(26)30(2)29(27)24-11-4-3-5-12-24/h3-9,11-15,23H,16-21H2,1-2H3. The lowest BCUT2D eigenvalue weighted by Crippen LogP contribution is -2.34. The number of benzene rings is 3. The maximum atomic E-state index is 3.38. The number of rotatable bonds is 5. The van der Waals surface area contributed by atoms with Crippen molar-refractivity contribution in [2.24, 2.45) is 7.05 Å². The van der Waals surface area contributed by atoms with E-state index in [1.807, 2.05) is 6.07 Å². The van der Waals surface area contributed by atoms with E-state index in [-0.39, 0.29) is 0 Å². The molecular weight excluding hydrogens is 376 g/mol. The van der Waals surface area contributed by atoms with E-state index >= 15 is 0 Å². The van der Waals surface area contributed by atoms with Gasteiger partial charge in [-0.15, -0.1) is 0 Å². The van der Waals surface area contributed by atoms with Crippen molar-refractivity contribution in [1.29, 1.82) is 0 Å². The number of hydrogen-bond donors (Lipinski definition) is 0. The normalized spacial score (nSPS) is 15.5. The van der Waals surface area contributed by atoms with E-state index in [2.05, 4.69) is 96.2 Å². The number of likely N-dealkylation sites (tertiary alicyclic amines) is 1. The second-order valence-electron chi connectivity index (χ2n) is 8.89. The minimum atomic E-state index is 0.686. The molecule has 1 aliphatic rings. The van der Waals surface area contributed by atoms with Crippen LogP contribution >= 0.6 is 0 Å². The molecule has 157 valence electrons. The summed E-state index contributed by atoms with van der Waals surface area (Å²) in [5.74, 6) is 0.686. The Bertz CT molecular complexity index is 1160. The molecule has 3 aromatic carbocycles. The Kier molecular flexibility index (Phi) is 5.65. The van der Waals surface area contributed by atoms with Crippen LogP contribution in [0.3, 0.4) is 0 Å². The summed E-state index contributed by atoms with van der Waals surface area (Å²) >= 11 is 0. The third-order valence-electron chi connectivity index (χ3n) is 7.07. The minimum absolute atomic E-state index is 0.686. The average Bonchev–Trinajstić information content (AvgIpc) is 3.11. The maximum absolute atomic E-state index is 3.38. The number of aryl methyl sites for hydroxylation is 2. The first-order valence-electron chi connectivity index (χ1n) is 11.5. The molecule has 0 aliphatic carbocycles. The molecule has 2 heterocycles. The van der Waals surface area contributed by atoms with Gasteiger partial charge < -0.3 is 9.47 Å². The molecular formula is C29H31N2. The molecule has 0 saturated carbocycles. The highest BCUT2D eigenvalue weighted by atomic mass is 15.1. The summed E-state index contributed by atoms with van der Waals surface area (Å²) < 4.78 is 2.38. The summed E-state index contributed by atoms with van der Waals surface area (Å²) in [5.41, 5.74) is 8.32. The van der Waals surface area contributed by atoms with Crippen molar-refractivity contribution >= 4 is 10.9 Å². The van der Waals surface area contributed by atoms with Crippen molar-refractivity contribution in [3.05, 3.63) is 95.6 Å². The van der Waals surface area contributed by atoms with Crippen LogP contribution in [0.5, 0.6) is 0 Å². The number of hydrogen-bond acceptors (Lipinski definition) is 1. The van der Waals surface area contributed by atoms with Crippen molar-refractivity contribution < 1.29 is 0 Å². The first-order valence-corrected chi connectivity index (χ1v) is 11.5. The van der Waals surface area contributed by atoms with E-state index in [4.69, 9.17) is 0 Å². The number of fused-ring (bicyclic) bond motifs is 1. The van der Waals surface area contributed by atoms with Crippen LogP contribution in [-0.4, -0.2) is 29.1 Å². The molecule has 0 spiro atoms. The fourth-order valence-corrected chi connectivity index (χ4v) is 5.40. The molecule has 0 bridgehead atoms. The topological polar surface area (TPSA) is 8.17 Å². The Morgan fingerprint density at radius 2 is 1.65 bits per heavy atom. The highest BCUT2D eigenvalue weighted by molar-refractivity contribution is 5.91. The molecule has 0 amide bonds. The molecule has 1 aliphatic heterocycles. The van der Waals surface area contributed by atoms with E-state index in [1.165, 1.54) is 64.8 Å². The van der Waals surface area contributed by atoms with Crippen LogP contribution in [0.2, 0.25) is 0 Å². The average molecular weight is 408 g/mol. The van der Waals surface area contributed by atoms with Gasteiger partial charge in [0.25, 0.3) is 0 Å². The monoisotopic (exact) mass is 407 g/mol. The molecule has 2 nitrogen and oxygen atoms in total. The fourth-order valence-electron chi connectivity index (χ4n) is 5.40. The zero-order chi connectivity index (χ0) is 21.2. The Labute approximate surface area is 186 Å². The summed E-state index contributed by atoms with van der Waals surface area (Å²) in [5, 5.41) is 1.40. The van der Waals surface area contributed by atoms with E-state index < -0.39 is 0 Å². The lowest BCUT2D eigenvalue weighted by molar-refractivity contribution is 0.214. The summed E-state index contributed by atoms with van der Waals surface area (Å²) in [6, 6.07) is 29.6. The first kappa shape index (κ1) is 20.1. The summed E-state index contributed by atoms with van der Waals surface area (Å²) in [6.07, 6.45) is 3.59. The minimum Gasteiger partial charge on any atom is -0.343 e. The molecule has 0 atom stereocenters. The van der Waals surface area contributed by atoms with Crippen LogP contribution in [0.1, 0.15) is 35.4 Å². The molecule has 1 saturated heterocycles. The maximum Gasteiger partial charge on any atom is 0.0521 e. The lowest BCUT2D eigenvalue weighted by atomic mass is 9.87. The number of para-hydroxylation sites is 1. The van der Waals surface area contributed by atoms with E-state index in [9.17, 15) is 0 Å². The smallest absolute Gasteiger partial charge is 0.0521 e. The predicted octanol–water partition coefficient (Wildman–Crippen LogP) is 6.38. The van der Waals surface area contributed by atoms with Crippen molar-refractivity contribution in [1.82, 2.24) is 9.47 Å². The molecule has 1 fully saturated rings. The summed E-state index contributed by atoms with van der Waals surface area (Å²) in [7, 11) is 2.21. The van der Waals surface area contributed by atoms with Gasteiger partial charge in [-0.1, -0.05) is 66.7 Å². The highest BCUT2D eigenvalue weighted by Gasteiger charge is 2.23. The number of piperidine rings is 1. The SMILES string of the molecule is Cc1[c]cccc1C1CCN(CCc2c(-c3ccccc3)n(C)c3ccccc23)CC1.